The molecule has 0 amide bonds. The van der Waals surface area contributed by atoms with Crippen LogP contribution in [0.15, 0.2) is 52.8 Å². The summed E-state index contributed by atoms with van der Waals surface area (Å²) in [5.41, 5.74) is 4.51. The Kier molecular flexibility index (Phi) is 7.63. The summed E-state index contributed by atoms with van der Waals surface area (Å²) in [6, 6.07) is 14.6. The number of thiazole rings is 1. The molecule has 7 heteroatoms. The number of hydrogen-bond donors (Lipinski definition) is 0. The van der Waals surface area contributed by atoms with Gasteiger partial charge >= 0.3 is 0 Å². The van der Waals surface area contributed by atoms with Gasteiger partial charge in [0.25, 0.3) is 0 Å². The van der Waals surface area contributed by atoms with Crippen molar-refractivity contribution in [3.05, 3.63) is 58.2 Å². The van der Waals surface area contributed by atoms with Crippen LogP contribution in [0, 0.1) is 0 Å². The van der Waals surface area contributed by atoms with Gasteiger partial charge in [-0.15, -0.1) is 11.3 Å². The third-order valence-electron chi connectivity index (χ3n) is 5.79. The number of hydrogen-bond acceptors (Lipinski definition) is 6. The Labute approximate surface area is 193 Å². The van der Waals surface area contributed by atoms with Crippen LogP contribution in [0.3, 0.4) is 0 Å². The number of nitrogens with zero attached hydrogens (tertiary/aromatic N) is 3. The molecule has 0 N–H and O–H groups in total. The van der Waals surface area contributed by atoms with Gasteiger partial charge in [-0.2, -0.15) is 0 Å². The van der Waals surface area contributed by atoms with Gasteiger partial charge in [-0.05, 0) is 42.3 Å². The lowest BCUT2D eigenvalue weighted by Crippen LogP contribution is -2.39. The summed E-state index contributed by atoms with van der Waals surface area (Å²) < 4.78 is 18.8. The van der Waals surface area contributed by atoms with E-state index in [1.165, 1.54) is 5.56 Å². The Balaban J connectivity index is 1.71. The van der Waals surface area contributed by atoms with Crippen molar-refractivity contribution >= 4 is 17.0 Å². The third-order valence-corrected chi connectivity index (χ3v) is 6.65. The van der Waals surface area contributed by atoms with Gasteiger partial charge in [0.05, 0.1) is 38.8 Å². The summed E-state index contributed by atoms with van der Waals surface area (Å²) in [4.78, 5) is 8.43. The first-order valence-corrected chi connectivity index (χ1v) is 11.9. The van der Waals surface area contributed by atoms with Crippen LogP contribution >= 0.6 is 11.3 Å². The van der Waals surface area contributed by atoms with E-state index in [0.29, 0.717) is 0 Å². The van der Waals surface area contributed by atoms with Crippen LogP contribution in [-0.2, 0) is 17.7 Å². The van der Waals surface area contributed by atoms with Crippen LogP contribution in [0.5, 0.6) is 11.5 Å². The highest BCUT2D eigenvalue weighted by atomic mass is 32.1. The van der Waals surface area contributed by atoms with Gasteiger partial charge < -0.3 is 18.8 Å². The molecule has 0 bridgehead atoms. The second-order valence-electron chi connectivity index (χ2n) is 7.71. The van der Waals surface area contributed by atoms with E-state index in [2.05, 4.69) is 52.1 Å². The van der Waals surface area contributed by atoms with E-state index in [1.807, 2.05) is 12.1 Å². The van der Waals surface area contributed by atoms with Crippen LogP contribution in [-0.4, -0.2) is 56.5 Å². The molecule has 170 valence electrons. The highest BCUT2D eigenvalue weighted by Crippen LogP contribution is 2.32. The average Bonchev–Trinajstić information content (AvgIpc) is 3.25. The topological polar surface area (TPSA) is 48.2 Å². The summed E-state index contributed by atoms with van der Waals surface area (Å²) in [6.45, 7) is 7.54. The second kappa shape index (κ2) is 10.8. The van der Waals surface area contributed by atoms with Gasteiger partial charge in [0.1, 0.15) is 0 Å². The Morgan fingerprint density at radius 2 is 1.72 bits per heavy atom. The van der Waals surface area contributed by atoms with E-state index in [4.69, 9.17) is 19.2 Å². The molecule has 1 aliphatic heterocycles. The van der Waals surface area contributed by atoms with Crippen molar-refractivity contribution in [1.82, 2.24) is 9.47 Å². The Bertz CT molecular complexity index is 1080. The molecule has 1 saturated heterocycles. The van der Waals surface area contributed by atoms with Crippen molar-refractivity contribution in [2.24, 2.45) is 4.99 Å². The molecule has 1 fully saturated rings. The summed E-state index contributed by atoms with van der Waals surface area (Å²) in [5.74, 6) is 1.46. The first kappa shape index (κ1) is 22.6. The fourth-order valence-electron chi connectivity index (χ4n) is 3.84. The maximum Gasteiger partial charge on any atom is 0.190 e. The van der Waals surface area contributed by atoms with Crippen molar-refractivity contribution in [2.75, 3.05) is 47.1 Å². The molecule has 0 unspecified atom stereocenters. The van der Waals surface area contributed by atoms with Gasteiger partial charge in [-0.25, -0.2) is 4.99 Å². The van der Waals surface area contributed by atoms with Crippen LogP contribution in [0.1, 0.15) is 12.5 Å². The lowest BCUT2D eigenvalue weighted by molar-refractivity contribution is 0.0363. The molecule has 3 aromatic rings. The lowest BCUT2D eigenvalue weighted by Gasteiger charge is -2.26. The molecule has 32 heavy (non-hydrogen) atoms. The molecule has 0 atom stereocenters. The highest BCUT2D eigenvalue weighted by Gasteiger charge is 2.15. The standard InChI is InChI=1S/C25H31N3O3S/c1-4-19-5-8-21(9-6-19)26-25-28(12-11-27-13-15-31-16-14-27)22(18-32-25)20-7-10-23(29-2)24(17-20)30-3/h5-10,17-18H,4,11-16H2,1-3H3. The minimum Gasteiger partial charge on any atom is -0.493 e. The zero-order valence-corrected chi connectivity index (χ0v) is 19.9. The monoisotopic (exact) mass is 453 g/mol. The summed E-state index contributed by atoms with van der Waals surface area (Å²) >= 11 is 1.67. The first-order chi connectivity index (χ1) is 15.7. The van der Waals surface area contributed by atoms with Crippen LogP contribution in [0.25, 0.3) is 11.3 Å². The van der Waals surface area contributed by atoms with Crippen molar-refractivity contribution < 1.29 is 14.2 Å². The summed E-state index contributed by atoms with van der Waals surface area (Å²) in [6.07, 6.45) is 1.03. The van der Waals surface area contributed by atoms with Gasteiger partial charge in [-0.1, -0.05) is 19.1 Å². The Morgan fingerprint density at radius 3 is 2.41 bits per heavy atom. The maximum atomic E-state index is 5.54. The number of aromatic nitrogens is 1. The molecular formula is C25H31N3O3S. The minimum absolute atomic E-state index is 0.726. The summed E-state index contributed by atoms with van der Waals surface area (Å²) in [5, 5.41) is 2.18. The van der Waals surface area contributed by atoms with Gasteiger partial charge in [0.15, 0.2) is 16.3 Å². The van der Waals surface area contributed by atoms with Crippen molar-refractivity contribution in [3.8, 4) is 22.8 Å². The molecule has 0 aliphatic carbocycles. The third kappa shape index (κ3) is 5.23. The highest BCUT2D eigenvalue weighted by molar-refractivity contribution is 7.07. The van der Waals surface area contributed by atoms with Gasteiger partial charge in [0, 0.05) is 37.1 Å². The van der Waals surface area contributed by atoms with E-state index in [1.54, 1.807) is 25.6 Å². The smallest absolute Gasteiger partial charge is 0.190 e. The normalized spacial score (nSPS) is 15.2. The molecule has 1 aliphatic rings. The number of ether oxygens (including phenoxy) is 3. The molecule has 2 heterocycles. The minimum atomic E-state index is 0.726. The van der Waals surface area contributed by atoms with E-state index in [9.17, 15) is 0 Å². The maximum absolute atomic E-state index is 5.54. The molecule has 4 rings (SSSR count). The largest absolute Gasteiger partial charge is 0.493 e. The fourth-order valence-corrected chi connectivity index (χ4v) is 4.80. The molecule has 2 aromatic carbocycles. The Hall–Kier alpha value is -2.61. The average molecular weight is 454 g/mol. The summed E-state index contributed by atoms with van der Waals surface area (Å²) in [7, 11) is 3.33. The van der Waals surface area contributed by atoms with Crippen LogP contribution in [0.4, 0.5) is 5.69 Å². The molecule has 1 aromatic heterocycles. The zero-order chi connectivity index (χ0) is 22.3. The Morgan fingerprint density at radius 1 is 0.969 bits per heavy atom. The van der Waals surface area contributed by atoms with Crippen LogP contribution < -0.4 is 14.3 Å². The fraction of sp³-hybridized carbons (Fsp3) is 0.400. The molecule has 0 saturated carbocycles. The van der Waals surface area contributed by atoms with Crippen molar-refractivity contribution in [2.45, 2.75) is 19.9 Å². The molecule has 0 radical (unpaired) electrons. The van der Waals surface area contributed by atoms with E-state index in [-0.39, 0.29) is 0 Å². The second-order valence-corrected chi connectivity index (χ2v) is 8.55. The lowest BCUT2D eigenvalue weighted by atomic mass is 10.1. The molecule has 0 spiro atoms. The number of aryl methyl sites for hydroxylation is 1. The predicted octanol–water partition coefficient (Wildman–Crippen LogP) is 4.36. The van der Waals surface area contributed by atoms with Gasteiger partial charge in [0.2, 0.25) is 0 Å². The first-order valence-electron chi connectivity index (χ1n) is 11.1. The number of methoxy groups -OCH3 is 2. The quantitative estimate of drug-likeness (QED) is 0.509. The number of benzene rings is 2. The van der Waals surface area contributed by atoms with E-state index in [0.717, 1.165) is 79.1 Å². The predicted molar refractivity (Wildman–Crippen MR) is 129 cm³/mol. The van der Waals surface area contributed by atoms with Gasteiger partial charge in [-0.3, -0.25) is 4.90 Å². The SMILES string of the molecule is CCc1ccc(N=c2scc(-c3ccc(OC)c(OC)c3)n2CCN2CCOCC2)cc1. The van der Waals surface area contributed by atoms with Crippen molar-refractivity contribution in [1.29, 1.82) is 0 Å². The molecule has 6 nitrogen and oxygen atoms in total. The number of rotatable bonds is 8. The van der Waals surface area contributed by atoms with E-state index >= 15 is 0 Å². The van der Waals surface area contributed by atoms with E-state index < -0.39 is 0 Å². The number of morpholine rings is 1. The van der Waals surface area contributed by atoms with Crippen LogP contribution in [0.2, 0.25) is 0 Å². The zero-order valence-electron chi connectivity index (χ0n) is 19.0. The molecular weight excluding hydrogens is 422 g/mol. The van der Waals surface area contributed by atoms with Crippen molar-refractivity contribution in [3.63, 3.8) is 0 Å².